The van der Waals surface area contributed by atoms with Crippen molar-refractivity contribution in [2.75, 3.05) is 26.2 Å². The van der Waals surface area contributed by atoms with Crippen LogP contribution in [0.25, 0.3) is 10.0 Å². The van der Waals surface area contributed by atoms with Crippen molar-refractivity contribution in [1.29, 1.82) is 0 Å². The zero-order chi connectivity index (χ0) is 57.1. The van der Waals surface area contributed by atoms with Crippen LogP contribution in [0.4, 0.5) is 0 Å². The minimum absolute atomic E-state index is 0.0392. The van der Waals surface area contributed by atoms with E-state index in [0.29, 0.717) is 46.5 Å². The average Bonchev–Trinajstić information content (AvgIpc) is 4.33. The number of fused-ring (bicyclic) bond motifs is 3. The van der Waals surface area contributed by atoms with Crippen molar-refractivity contribution in [1.82, 2.24) is 29.6 Å². The Hall–Kier alpha value is -4.64. The third-order valence-corrected chi connectivity index (χ3v) is 18.9. The van der Waals surface area contributed by atoms with Crippen LogP contribution in [-0.2, 0) is 9.59 Å². The SMILES string of the molecule is CCCCCCCCN1C(=O)C2=C(C)N(CCCCCCCC)C(=O)C2=C1C.CCCCCCCCN1C(=O)c2c(C)sc(C)c2C1=O.CCCCCCN1C(=O)c2c(C)sc(C)c2C1=O.Cc1cnc(-c2ncc(C)s2)s1. The number of aryl methyl sites for hydroxylation is 6. The molecule has 0 aromatic carbocycles. The van der Waals surface area contributed by atoms with Gasteiger partial charge in [-0.15, -0.1) is 45.3 Å². The predicted octanol–water partition coefficient (Wildman–Crippen LogP) is 16.7. The van der Waals surface area contributed by atoms with Crippen LogP contribution in [-0.4, -0.2) is 91.2 Å². The Morgan fingerprint density at radius 2 is 0.564 bits per heavy atom. The zero-order valence-electron chi connectivity index (χ0n) is 49.3. The number of carbonyl (C=O) groups excluding carboxylic acids is 6. The molecule has 12 nitrogen and oxygen atoms in total. The van der Waals surface area contributed by atoms with Gasteiger partial charge in [-0.25, -0.2) is 9.97 Å². The number of aromatic nitrogens is 2. The molecule has 4 aliphatic rings. The molecule has 16 heteroatoms. The van der Waals surface area contributed by atoms with E-state index >= 15 is 0 Å². The molecule has 8 heterocycles. The fourth-order valence-electron chi connectivity index (χ4n) is 10.6. The maximum atomic E-state index is 13.0. The Kier molecular flexibility index (Phi) is 26.3. The molecule has 0 aliphatic carbocycles. The number of thiazole rings is 2. The van der Waals surface area contributed by atoms with Gasteiger partial charge in [0.05, 0.1) is 33.4 Å². The Balaban J connectivity index is 0.000000199. The van der Waals surface area contributed by atoms with E-state index in [-0.39, 0.29) is 35.4 Å². The molecule has 4 aromatic rings. The molecular weight excluding hydrogens is 1050 g/mol. The first-order valence-electron chi connectivity index (χ1n) is 29.3. The van der Waals surface area contributed by atoms with Crippen LogP contribution in [0.1, 0.15) is 253 Å². The number of rotatable bonds is 27. The molecule has 4 aromatic heterocycles. The normalized spacial score (nSPS) is 14.7. The number of amides is 6. The van der Waals surface area contributed by atoms with Gasteiger partial charge in [-0.2, -0.15) is 0 Å². The first-order valence-corrected chi connectivity index (χ1v) is 32.5. The molecule has 0 N–H and O–H groups in total. The van der Waals surface area contributed by atoms with Crippen molar-refractivity contribution in [3.63, 3.8) is 0 Å². The molecule has 0 fully saturated rings. The molecule has 6 amide bonds. The molecule has 0 bridgehead atoms. The first kappa shape index (κ1) is 64.2. The van der Waals surface area contributed by atoms with Gasteiger partial charge >= 0.3 is 0 Å². The molecule has 0 radical (unpaired) electrons. The van der Waals surface area contributed by atoms with Crippen LogP contribution in [0.5, 0.6) is 0 Å². The second-order valence-corrected chi connectivity index (χ2v) is 26.5. The summed E-state index contributed by atoms with van der Waals surface area (Å²) in [6.45, 7) is 27.1. The standard InChI is InChI=1S/C24H40N2O2.C16H23NO2S.C14H19NO2S.C8H8N2S2/c1-5-7-9-11-13-15-17-25-19(3)21-22(23(25)27)20(4)26(24(21)28)18-16-14-12-10-8-6-2;1-4-5-6-7-8-9-10-17-15(18)13-11(2)20-12(3)14(13)16(17)19;1-4-5-6-7-8-15-13(16)11-9(2)18-10(3)12(11)14(15)17;1-5-3-9-7(11-5)8-10-4-6(2)12-8/h5-18H2,1-4H3;4-10H2,1-3H3;4-8H2,1-3H3;3-4H,1-2H3. The summed E-state index contributed by atoms with van der Waals surface area (Å²) in [6, 6.07) is 0. The Morgan fingerprint density at radius 3 is 0.821 bits per heavy atom. The van der Waals surface area contributed by atoms with Crippen LogP contribution in [0, 0.1) is 41.5 Å². The van der Waals surface area contributed by atoms with Gasteiger partial charge in [0.25, 0.3) is 35.4 Å². The highest BCUT2D eigenvalue weighted by Gasteiger charge is 2.45. The van der Waals surface area contributed by atoms with Gasteiger partial charge in [0.15, 0.2) is 10.0 Å². The molecule has 78 heavy (non-hydrogen) atoms. The van der Waals surface area contributed by atoms with Crippen LogP contribution in [0.3, 0.4) is 0 Å². The second-order valence-electron chi connectivity index (χ2n) is 21.2. The number of carbonyl (C=O) groups is 6. The zero-order valence-corrected chi connectivity index (χ0v) is 52.6. The molecule has 0 spiro atoms. The third kappa shape index (κ3) is 16.3. The molecule has 0 saturated carbocycles. The number of imide groups is 2. The summed E-state index contributed by atoms with van der Waals surface area (Å²) in [5, 5.41) is 2.07. The van der Waals surface area contributed by atoms with E-state index in [4.69, 9.17) is 0 Å². The number of nitrogens with zero attached hydrogens (tertiary/aromatic N) is 6. The number of thiophene rings is 2. The molecule has 0 saturated heterocycles. The summed E-state index contributed by atoms with van der Waals surface area (Å²) < 4.78 is 0. The molecule has 8 rings (SSSR count). The van der Waals surface area contributed by atoms with Crippen molar-refractivity contribution >= 4 is 80.8 Å². The van der Waals surface area contributed by atoms with E-state index in [1.807, 2.05) is 63.7 Å². The molecule has 428 valence electrons. The number of hydrogen-bond acceptors (Lipinski definition) is 12. The van der Waals surface area contributed by atoms with Crippen molar-refractivity contribution < 1.29 is 28.8 Å². The summed E-state index contributed by atoms with van der Waals surface area (Å²) in [4.78, 5) is 96.4. The van der Waals surface area contributed by atoms with Crippen LogP contribution >= 0.6 is 45.3 Å². The summed E-state index contributed by atoms with van der Waals surface area (Å²) in [7, 11) is 0. The van der Waals surface area contributed by atoms with Gasteiger partial charge in [0.1, 0.15) is 0 Å². The number of hydrogen-bond donors (Lipinski definition) is 0. The monoisotopic (exact) mass is 1140 g/mol. The summed E-state index contributed by atoms with van der Waals surface area (Å²) in [5.74, 6) is -0.266. The maximum Gasteiger partial charge on any atom is 0.262 e. The van der Waals surface area contributed by atoms with Crippen LogP contribution < -0.4 is 0 Å². The predicted molar refractivity (Wildman–Crippen MR) is 324 cm³/mol. The highest BCUT2D eigenvalue weighted by Crippen LogP contribution is 2.40. The van der Waals surface area contributed by atoms with Crippen LogP contribution in [0.2, 0.25) is 0 Å². The quantitative estimate of drug-likeness (QED) is 0.0424. The lowest BCUT2D eigenvalue weighted by Crippen LogP contribution is -2.31. The van der Waals surface area contributed by atoms with Gasteiger partial charge in [-0.1, -0.05) is 143 Å². The smallest absolute Gasteiger partial charge is 0.262 e. The Bertz CT molecular complexity index is 2590. The number of allylic oxidation sites excluding steroid dienone is 2. The largest absolute Gasteiger partial charge is 0.312 e. The first-order chi connectivity index (χ1) is 37.4. The minimum atomic E-state index is -0.0895. The third-order valence-electron chi connectivity index (χ3n) is 14.9. The lowest BCUT2D eigenvalue weighted by Gasteiger charge is -2.22. The van der Waals surface area contributed by atoms with E-state index in [1.54, 1.807) is 45.3 Å². The van der Waals surface area contributed by atoms with Gasteiger partial charge in [-0.3, -0.25) is 38.6 Å². The van der Waals surface area contributed by atoms with Crippen molar-refractivity contribution in [2.45, 2.75) is 224 Å². The van der Waals surface area contributed by atoms with E-state index in [2.05, 4.69) is 51.5 Å². The molecule has 0 unspecified atom stereocenters. The van der Waals surface area contributed by atoms with Gasteiger partial charge in [-0.05, 0) is 81.1 Å². The van der Waals surface area contributed by atoms with E-state index < -0.39 is 0 Å². The minimum Gasteiger partial charge on any atom is -0.312 e. The summed E-state index contributed by atoms with van der Waals surface area (Å²) >= 11 is 6.48. The lowest BCUT2D eigenvalue weighted by molar-refractivity contribution is -0.124. The van der Waals surface area contributed by atoms with Gasteiger partial charge in [0.2, 0.25) is 0 Å². The van der Waals surface area contributed by atoms with E-state index in [1.165, 1.54) is 96.6 Å². The molecule has 4 aliphatic heterocycles. The molecular formula is C62H90N6O6S4. The van der Waals surface area contributed by atoms with Crippen molar-refractivity contribution in [3.8, 4) is 10.0 Å². The van der Waals surface area contributed by atoms with Crippen molar-refractivity contribution in [3.05, 3.63) is 86.5 Å². The average molecular weight is 1140 g/mol. The fourth-order valence-corrected chi connectivity index (χ4v) is 14.2. The lowest BCUT2D eigenvalue weighted by atomic mass is 10.1. The maximum absolute atomic E-state index is 13.0. The highest BCUT2D eigenvalue weighted by molar-refractivity contribution is 7.21. The second kappa shape index (κ2) is 32.0. The Labute approximate surface area is 483 Å². The number of unbranched alkanes of at least 4 members (excludes halogenated alkanes) is 18. The van der Waals surface area contributed by atoms with E-state index in [0.717, 1.165) is 118 Å². The summed E-state index contributed by atoms with van der Waals surface area (Å²) in [6.07, 6.45) is 29.5. The van der Waals surface area contributed by atoms with Crippen molar-refractivity contribution in [2.24, 2.45) is 0 Å². The topological polar surface area (TPSA) is 141 Å². The summed E-state index contributed by atoms with van der Waals surface area (Å²) in [5.41, 5.74) is 5.67. The van der Waals surface area contributed by atoms with Gasteiger partial charge < -0.3 is 9.80 Å². The van der Waals surface area contributed by atoms with Crippen LogP contribution in [0.15, 0.2) is 34.9 Å². The fraction of sp³-hybridized carbons (Fsp3) is 0.613. The Morgan fingerprint density at radius 1 is 0.321 bits per heavy atom. The van der Waals surface area contributed by atoms with Gasteiger partial charge in [0, 0.05) is 79.2 Å². The molecule has 0 atom stereocenters. The highest BCUT2D eigenvalue weighted by atomic mass is 32.1. The van der Waals surface area contributed by atoms with E-state index in [9.17, 15) is 28.8 Å².